The van der Waals surface area contributed by atoms with E-state index >= 15 is 0 Å². The minimum absolute atomic E-state index is 0.109. The van der Waals surface area contributed by atoms with Gasteiger partial charge in [0.25, 0.3) is 0 Å². The van der Waals surface area contributed by atoms with Crippen LogP contribution in [0.5, 0.6) is 0 Å². The summed E-state index contributed by atoms with van der Waals surface area (Å²) in [4.78, 5) is 32.9. The standard InChI is InChI=1S/C31H30N4O3/c1-20(2)17-21-3-5-22(6-4-21)23-7-9-24(10-8-23)27-19-29(35(34-27)30(36)13-14-31(37)38)25-11-12-26-28(18-25)33-16-15-32-26/h3-12,15-16,18,20,29H,13-14,17,19H2,1-2H3,(H,37,38). The molecule has 1 aliphatic rings. The highest BCUT2D eigenvalue weighted by atomic mass is 16.4. The van der Waals surface area contributed by atoms with Crippen molar-refractivity contribution in [1.29, 1.82) is 0 Å². The molecular formula is C31H30N4O3. The number of hydrogen-bond donors (Lipinski definition) is 1. The van der Waals surface area contributed by atoms with Crippen LogP contribution in [0, 0.1) is 5.92 Å². The molecule has 1 N–H and O–H groups in total. The zero-order valence-electron chi connectivity index (χ0n) is 21.5. The average Bonchev–Trinajstić information content (AvgIpc) is 3.37. The van der Waals surface area contributed by atoms with Crippen LogP contribution in [0.15, 0.2) is 84.2 Å². The monoisotopic (exact) mass is 506 g/mol. The second-order valence-corrected chi connectivity index (χ2v) is 10.1. The van der Waals surface area contributed by atoms with E-state index in [0.717, 1.165) is 45.4 Å². The van der Waals surface area contributed by atoms with E-state index in [1.54, 1.807) is 12.4 Å². The van der Waals surface area contributed by atoms with Crippen LogP contribution in [-0.4, -0.2) is 37.7 Å². The van der Waals surface area contributed by atoms with Gasteiger partial charge in [-0.3, -0.25) is 19.6 Å². The fraction of sp³-hybridized carbons (Fsp3) is 0.258. The summed E-state index contributed by atoms with van der Waals surface area (Å²) in [5.41, 5.74) is 7.71. The number of fused-ring (bicyclic) bond motifs is 1. The number of aromatic nitrogens is 2. The molecule has 0 saturated heterocycles. The molecule has 1 aromatic heterocycles. The van der Waals surface area contributed by atoms with Gasteiger partial charge in [-0.2, -0.15) is 5.10 Å². The van der Waals surface area contributed by atoms with E-state index in [1.807, 2.05) is 30.3 Å². The van der Waals surface area contributed by atoms with Gasteiger partial charge in [-0.1, -0.05) is 68.4 Å². The van der Waals surface area contributed by atoms with E-state index in [1.165, 1.54) is 10.6 Å². The van der Waals surface area contributed by atoms with Crippen molar-refractivity contribution in [2.75, 3.05) is 0 Å². The van der Waals surface area contributed by atoms with Gasteiger partial charge < -0.3 is 5.11 Å². The van der Waals surface area contributed by atoms with Crippen LogP contribution in [0.25, 0.3) is 22.2 Å². The summed E-state index contributed by atoms with van der Waals surface area (Å²) in [5, 5.41) is 15.2. The molecule has 1 atom stereocenters. The van der Waals surface area contributed by atoms with Gasteiger partial charge >= 0.3 is 5.97 Å². The lowest BCUT2D eigenvalue weighted by Crippen LogP contribution is -2.27. The Morgan fingerprint density at radius 2 is 1.50 bits per heavy atom. The number of amides is 1. The number of hydrazone groups is 1. The number of nitrogens with zero attached hydrogens (tertiary/aromatic N) is 4. The van der Waals surface area contributed by atoms with Crippen molar-refractivity contribution in [3.05, 3.63) is 95.8 Å². The zero-order chi connectivity index (χ0) is 26.6. The summed E-state index contributed by atoms with van der Waals surface area (Å²) < 4.78 is 0. The van der Waals surface area contributed by atoms with Crippen LogP contribution >= 0.6 is 0 Å². The minimum atomic E-state index is -1.01. The fourth-order valence-electron chi connectivity index (χ4n) is 4.85. The molecule has 1 amide bonds. The largest absolute Gasteiger partial charge is 0.481 e. The molecule has 192 valence electrons. The Morgan fingerprint density at radius 1 is 0.868 bits per heavy atom. The van der Waals surface area contributed by atoms with Gasteiger partial charge in [0, 0.05) is 25.2 Å². The summed E-state index contributed by atoms with van der Waals surface area (Å²) in [6.45, 7) is 4.44. The van der Waals surface area contributed by atoms with Gasteiger partial charge in [0.2, 0.25) is 5.91 Å². The number of carbonyl (C=O) groups is 2. The lowest BCUT2D eigenvalue weighted by atomic mass is 9.95. The topological polar surface area (TPSA) is 95.8 Å². The van der Waals surface area contributed by atoms with Crippen LogP contribution in [0.4, 0.5) is 0 Å². The smallest absolute Gasteiger partial charge is 0.303 e. The first-order valence-corrected chi connectivity index (χ1v) is 12.9. The number of carboxylic acid groups (broad SMARTS) is 1. The molecule has 7 heteroatoms. The second-order valence-electron chi connectivity index (χ2n) is 10.1. The maximum atomic E-state index is 13.0. The molecule has 0 saturated carbocycles. The molecule has 0 radical (unpaired) electrons. The molecule has 3 aromatic carbocycles. The highest BCUT2D eigenvalue weighted by Gasteiger charge is 2.33. The first-order chi connectivity index (χ1) is 18.4. The highest BCUT2D eigenvalue weighted by Crippen LogP contribution is 2.35. The Bertz CT molecular complexity index is 1490. The molecule has 1 unspecified atom stereocenters. The van der Waals surface area contributed by atoms with E-state index < -0.39 is 5.97 Å². The molecular weight excluding hydrogens is 476 g/mol. The average molecular weight is 507 g/mol. The molecule has 2 heterocycles. The summed E-state index contributed by atoms with van der Waals surface area (Å²) in [7, 11) is 0. The van der Waals surface area contributed by atoms with Crippen molar-refractivity contribution in [2.24, 2.45) is 11.0 Å². The Morgan fingerprint density at radius 3 is 2.16 bits per heavy atom. The lowest BCUT2D eigenvalue weighted by Gasteiger charge is -2.22. The number of rotatable bonds is 8. The molecule has 38 heavy (non-hydrogen) atoms. The van der Waals surface area contributed by atoms with Gasteiger partial charge in [-0.25, -0.2) is 5.01 Å². The highest BCUT2D eigenvalue weighted by molar-refractivity contribution is 6.03. The summed E-state index contributed by atoms with van der Waals surface area (Å²) in [6, 6.07) is 22.3. The maximum absolute atomic E-state index is 13.0. The molecule has 0 aliphatic carbocycles. The predicted octanol–water partition coefficient (Wildman–Crippen LogP) is 6.04. The third-order valence-electron chi connectivity index (χ3n) is 6.75. The molecule has 1 aliphatic heterocycles. The number of hydrogen-bond acceptors (Lipinski definition) is 5. The number of benzene rings is 3. The van der Waals surface area contributed by atoms with Gasteiger partial charge in [0.1, 0.15) is 0 Å². The first-order valence-electron chi connectivity index (χ1n) is 12.9. The Labute approximate surface area is 221 Å². The quantitative estimate of drug-likeness (QED) is 0.314. The summed E-state index contributed by atoms with van der Waals surface area (Å²) >= 11 is 0. The van der Waals surface area contributed by atoms with Gasteiger partial charge in [-0.05, 0) is 52.3 Å². The van der Waals surface area contributed by atoms with Crippen molar-refractivity contribution in [3.63, 3.8) is 0 Å². The van der Waals surface area contributed by atoms with E-state index in [-0.39, 0.29) is 24.8 Å². The summed E-state index contributed by atoms with van der Waals surface area (Å²) in [6.07, 6.45) is 4.52. The Balaban J connectivity index is 1.40. The molecule has 0 fully saturated rings. The molecule has 0 spiro atoms. The van der Waals surface area contributed by atoms with Gasteiger partial charge in [0.15, 0.2) is 0 Å². The van der Waals surface area contributed by atoms with E-state index in [4.69, 9.17) is 5.11 Å². The third kappa shape index (κ3) is 5.62. The predicted molar refractivity (Wildman–Crippen MR) is 148 cm³/mol. The first kappa shape index (κ1) is 25.3. The number of aliphatic carboxylic acids is 1. The third-order valence-corrected chi connectivity index (χ3v) is 6.75. The van der Waals surface area contributed by atoms with Crippen molar-refractivity contribution < 1.29 is 14.7 Å². The van der Waals surface area contributed by atoms with Crippen LogP contribution in [0.3, 0.4) is 0 Å². The summed E-state index contributed by atoms with van der Waals surface area (Å²) in [5.74, 6) is -0.703. The van der Waals surface area contributed by atoms with Crippen LogP contribution in [0.2, 0.25) is 0 Å². The van der Waals surface area contributed by atoms with Crippen LogP contribution in [-0.2, 0) is 16.0 Å². The van der Waals surface area contributed by atoms with Crippen LogP contribution < -0.4 is 0 Å². The van der Waals surface area contributed by atoms with Gasteiger partial charge in [0.05, 0.1) is 29.2 Å². The second kappa shape index (κ2) is 10.9. The molecule has 4 aromatic rings. The van der Waals surface area contributed by atoms with Crippen molar-refractivity contribution in [1.82, 2.24) is 15.0 Å². The number of carbonyl (C=O) groups excluding carboxylic acids is 1. The molecule has 0 bridgehead atoms. The van der Waals surface area contributed by atoms with Gasteiger partial charge in [-0.15, -0.1) is 0 Å². The Hall–Kier alpha value is -4.39. The maximum Gasteiger partial charge on any atom is 0.303 e. The SMILES string of the molecule is CC(C)Cc1ccc(-c2ccc(C3=NN(C(=O)CCC(=O)O)C(c4ccc5nccnc5c4)C3)cc2)cc1. The normalized spacial score (nSPS) is 15.2. The van der Waals surface area contributed by atoms with Crippen molar-refractivity contribution in [2.45, 2.75) is 45.6 Å². The number of carboxylic acids is 1. The van der Waals surface area contributed by atoms with E-state index in [0.29, 0.717) is 12.3 Å². The molecule has 7 nitrogen and oxygen atoms in total. The van der Waals surface area contributed by atoms with E-state index in [2.05, 4.69) is 65.3 Å². The lowest BCUT2D eigenvalue weighted by molar-refractivity contribution is -0.141. The van der Waals surface area contributed by atoms with E-state index in [9.17, 15) is 9.59 Å². The Kier molecular flexibility index (Phi) is 7.26. The van der Waals surface area contributed by atoms with Crippen LogP contribution in [0.1, 0.15) is 55.8 Å². The zero-order valence-corrected chi connectivity index (χ0v) is 21.5. The fourth-order valence-corrected chi connectivity index (χ4v) is 4.85. The van der Waals surface area contributed by atoms with Crippen molar-refractivity contribution >= 4 is 28.6 Å². The molecule has 5 rings (SSSR count). The van der Waals surface area contributed by atoms with Crippen molar-refractivity contribution in [3.8, 4) is 11.1 Å². The minimum Gasteiger partial charge on any atom is -0.481 e.